The molecule has 4 heteroatoms. The first-order valence-corrected chi connectivity index (χ1v) is 1.49. The van der Waals surface area contributed by atoms with Crippen LogP contribution in [0.25, 0.3) is 0 Å². The van der Waals surface area contributed by atoms with E-state index < -0.39 is 0 Å². The molecule has 2 nitrogen and oxygen atoms in total. The summed E-state index contributed by atoms with van der Waals surface area (Å²) in [5, 5.41) is 0. The number of rotatable bonds is 0. The van der Waals surface area contributed by atoms with Crippen molar-refractivity contribution in [2.24, 2.45) is 0 Å². The molecule has 42 valence electrons. The summed E-state index contributed by atoms with van der Waals surface area (Å²) in [6.45, 7) is 0. The zero-order chi connectivity index (χ0) is 3.54. The number of halogens is 2. The minimum absolute atomic E-state index is 0. The van der Waals surface area contributed by atoms with Crippen LogP contribution in [0.1, 0.15) is 0 Å². The lowest BCUT2D eigenvalue weighted by Crippen LogP contribution is -3.00. The van der Waals surface area contributed by atoms with E-state index in [1.165, 1.54) is 0 Å². The average molecular weight is 323 g/mol. The molecule has 0 saturated carbocycles. The topological polar surface area (TPSA) is 29.9 Å². The maximum Gasteiger partial charge on any atom is 0.239 e. The van der Waals surface area contributed by atoms with Gasteiger partial charge in [0.25, 0.3) is 0 Å². The maximum absolute atomic E-state index is 2.81. The molecule has 0 aliphatic carbocycles. The normalized spacial score (nSPS) is 5.71. The van der Waals surface area contributed by atoms with Crippen molar-refractivity contribution in [1.29, 1.82) is 0 Å². The van der Waals surface area contributed by atoms with Gasteiger partial charge in [-0.2, -0.15) is 0 Å². The van der Waals surface area contributed by atoms with E-state index in [4.69, 9.17) is 0 Å². The van der Waals surface area contributed by atoms with Crippen molar-refractivity contribution in [2.75, 3.05) is 0 Å². The summed E-state index contributed by atoms with van der Waals surface area (Å²) in [5.74, 6) is 0. The van der Waals surface area contributed by atoms with Gasteiger partial charge in [0.2, 0.25) is 6.33 Å². The summed E-state index contributed by atoms with van der Waals surface area (Å²) >= 11 is 0. The molecular formula is C3H5I2N2-. The highest BCUT2D eigenvalue weighted by Crippen LogP contribution is 1.53. The quantitative estimate of drug-likeness (QED) is 0.461. The number of nitrogens with one attached hydrogen (secondary N) is 2. The van der Waals surface area contributed by atoms with Gasteiger partial charge in [-0.05, 0) is 0 Å². The van der Waals surface area contributed by atoms with Crippen LogP contribution in [0.4, 0.5) is 0 Å². The fourth-order valence-electron chi connectivity index (χ4n) is 0.241. The van der Waals surface area contributed by atoms with Crippen LogP contribution >= 0.6 is 0 Å². The van der Waals surface area contributed by atoms with Gasteiger partial charge in [0.1, 0.15) is 12.4 Å². The maximum atomic E-state index is 2.81. The fraction of sp³-hybridized carbons (Fsp3) is 0. The number of aromatic nitrogens is 2. The first-order valence-electron chi connectivity index (χ1n) is 1.49. The van der Waals surface area contributed by atoms with Gasteiger partial charge < -0.3 is 48.0 Å². The fourth-order valence-corrected chi connectivity index (χ4v) is 0.241. The molecule has 2 N–H and O–H groups in total. The highest BCUT2D eigenvalue weighted by molar-refractivity contribution is 4.52. The zero-order valence-electron chi connectivity index (χ0n) is 3.49. The van der Waals surface area contributed by atoms with Gasteiger partial charge in [-0.15, -0.1) is 0 Å². The van der Waals surface area contributed by atoms with Crippen LogP contribution in [-0.4, -0.2) is 4.98 Å². The molecule has 0 saturated heterocycles. The Balaban J connectivity index is 0. The van der Waals surface area contributed by atoms with Crippen molar-refractivity contribution in [2.45, 2.75) is 0 Å². The Hall–Kier alpha value is 0.670. The van der Waals surface area contributed by atoms with Gasteiger partial charge in [-0.1, -0.05) is 0 Å². The third kappa shape index (κ3) is 4.52. The van der Waals surface area contributed by atoms with Crippen LogP contribution in [0.5, 0.6) is 0 Å². The molecular weight excluding hydrogens is 318 g/mol. The summed E-state index contributed by atoms with van der Waals surface area (Å²) in [4.78, 5) is 5.61. The Labute approximate surface area is 76.1 Å². The molecule has 0 spiro atoms. The number of H-pyrrole nitrogens is 2. The Morgan fingerprint density at radius 1 is 1.29 bits per heavy atom. The third-order valence-electron chi connectivity index (χ3n) is 0.442. The monoisotopic (exact) mass is 323 g/mol. The van der Waals surface area contributed by atoms with Crippen molar-refractivity contribution in [3.8, 4) is 0 Å². The second-order valence-corrected chi connectivity index (χ2v) is 0.811. The van der Waals surface area contributed by atoms with Crippen molar-refractivity contribution < 1.29 is 52.9 Å². The molecule has 1 heterocycles. The molecule has 0 radical (unpaired) electrons. The first kappa shape index (κ1) is 10.6. The van der Waals surface area contributed by atoms with E-state index in [0.717, 1.165) is 0 Å². The lowest BCUT2D eigenvalue weighted by atomic mass is 11.0. The molecule has 0 amide bonds. The summed E-state index contributed by atoms with van der Waals surface area (Å²) in [6.07, 6.45) is 5.39. The Kier molecular flexibility index (Phi) is 10.1. The van der Waals surface area contributed by atoms with Crippen LogP contribution in [0.2, 0.25) is 0 Å². The highest BCUT2D eigenvalue weighted by atomic mass is 127. The predicted molar refractivity (Wildman–Crippen MR) is 17.3 cm³/mol. The Bertz CT molecular complexity index is 67.4. The molecule has 0 fully saturated rings. The molecule has 0 atom stereocenters. The summed E-state index contributed by atoms with van der Waals surface area (Å²) in [5.41, 5.74) is 0. The van der Waals surface area contributed by atoms with Crippen LogP contribution in [0.3, 0.4) is 0 Å². The molecule has 0 aliphatic rings. The van der Waals surface area contributed by atoms with E-state index >= 15 is 0 Å². The summed E-state index contributed by atoms with van der Waals surface area (Å²) in [6, 6.07) is 0. The minimum Gasteiger partial charge on any atom is -1.00 e. The van der Waals surface area contributed by atoms with E-state index in [0.29, 0.717) is 0 Å². The van der Waals surface area contributed by atoms with E-state index in [-0.39, 0.29) is 48.0 Å². The van der Waals surface area contributed by atoms with Crippen LogP contribution in [0.15, 0.2) is 18.7 Å². The van der Waals surface area contributed by atoms with Crippen LogP contribution in [-0.2, 0) is 0 Å². The molecule has 7 heavy (non-hydrogen) atoms. The van der Waals surface area contributed by atoms with Crippen molar-refractivity contribution >= 4 is 0 Å². The van der Waals surface area contributed by atoms with Gasteiger partial charge >= 0.3 is 0 Å². The van der Waals surface area contributed by atoms with Crippen LogP contribution in [0, 0.1) is 0 Å². The first-order chi connectivity index (χ1) is 2.50. The minimum atomic E-state index is 0. The van der Waals surface area contributed by atoms with Crippen molar-refractivity contribution in [1.82, 2.24) is 4.98 Å². The van der Waals surface area contributed by atoms with Gasteiger partial charge in [0.15, 0.2) is 0 Å². The SMILES string of the molecule is [I-].[I-].c1c[nH+]c[nH]1. The average Bonchev–Trinajstić information content (AvgIpc) is 1.76. The molecule has 1 aromatic rings. The lowest BCUT2D eigenvalue weighted by Gasteiger charge is -1.37. The second-order valence-electron chi connectivity index (χ2n) is 0.811. The summed E-state index contributed by atoms with van der Waals surface area (Å²) in [7, 11) is 0. The molecule has 0 aromatic carbocycles. The molecule has 1 aromatic heterocycles. The number of imidazole rings is 1. The highest BCUT2D eigenvalue weighted by Gasteiger charge is 1.65. The standard InChI is InChI=1S/C3H4N2.2HI/c1-2-5-3-4-1;;/h1-3H,(H,4,5);2*1H/p-1. The largest absolute Gasteiger partial charge is 1.00 e. The zero-order valence-corrected chi connectivity index (χ0v) is 7.80. The summed E-state index contributed by atoms with van der Waals surface area (Å²) < 4.78 is 0. The second kappa shape index (κ2) is 6.67. The molecule has 0 unspecified atom stereocenters. The van der Waals surface area contributed by atoms with Gasteiger partial charge in [-0.3, -0.25) is 9.97 Å². The van der Waals surface area contributed by atoms with Crippen molar-refractivity contribution in [3.63, 3.8) is 0 Å². The number of aromatic amines is 2. The Morgan fingerprint density at radius 2 is 2.00 bits per heavy atom. The van der Waals surface area contributed by atoms with E-state index in [2.05, 4.69) is 9.97 Å². The third-order valence-corrected chi connectivity index (χ3v) is 0.442. The van der Waals surface area contributed by atoms with E-state index in [9.17, 15) is 0 Å². The van der Waals surface area contributed by atoms with Gasteiger partial charge in [-0.25, -0.2) is 0 Å². The molecule has 0 aliphatic heterocycles. The van der Waals surface area contributed by atoms with Gasteiger partial charge in [0, 0.05) is 0 Å². The molecule has 1 rings (SSSR count). The Morgan fingerprint density at radius 3 is 2.14 bits per heavy atom. The van der Waals surface area contributed by atoms with E-state index in [1.54, 1.807) is 6.33 Å². The van der Waals surface area contributed by atoms with Crippen LogP contribution < -0.4 is 52.9 Å². The van der Waals surface area contributed by atoms with Gasteiger partial charge in [0.05, 0.1) is 0 Å². The van der Waals surface area contributed by atoms with E-state index in [1.807, 2.05) is 12.4 Å². The number of hydrogen-bond acceptors (Lipinski definition) is 0. The lowest BCUT2D eigenvalue weighted by molar-refractivity contribution is -0.375. The number of hydrogen-bond donors (Lipinski definition) is 1. The molecule has 0 bridgehead atoms. The smallest absolute Gasteiger partial charge is 0.239 e. The van der Waals surface area contributed by atoms with Crippen molar-refractivity contribution in [3.05, 3.63) is 18.7 Å². The predicted octanol–water partition coefficient (Wildman–Crippen LogP) is -6.16.